The Kier molecular flexibility index (Phi) is 7.27. The van der Waals surface area contributed by atoms with E-state index in [2.05, 4.69) is 21.2 Å². The van der Waals surface area contributed by atoms with Crippen molar-refractivity contribution >= 4 is 39.6 Å². The Labute approximate surface area is 220 Å². The highest BCUT2D eigenvalue weighted by Gasteiger charge is 2.59. The molecule has 3 aromatic rings. The summed E-state index contributed by atoms with van der Waals surface area (Å²) in [6.45, 7) is 5.72. The standard InChI is InChI=1S/C30H29BrN2O3/c1-29(2,3)32-28(36)30(26(34)23-14-16-25(31)17-15-23)19-24(18-21-10-6-4-7-11-21)27(35)33(30)20-22-12-8-5-9-13-22/h4-18H,19-20H2,1-3H3,(H,32,36)/b24-18+. The van der Waals surface area contributed by atoms with Gasteiger partial charge in [0.25, 0.3) is 11.8 Å². The molecule has 1 atom stereocenters. The zero-order valence-corrected chi connectivity index (χ0v) is 22.2. The lowest BCUT2D eigenvalue weighted by atomic mass is 9.83. The number of likely N-dealkylation sites (tertiary alicyclic amines) is 1. The molecule has 0 radical (unpaired) electrons. The summed E-state index contributed by atoms with van der Waals surface area (Å²) in [5.41, 5.74) is 0.138. The van der Waals surface area contributed by atoms with Crippen molar-refractivity contribution in [3.05, 3.63) is 112 Å². The Morgan fingerprint density at radius 2 is 1.53 bits per heavy atom. The molecule has 1 saturated heterocycles. The second-order valence-corrected chi connectivity index (χ2v) is 11.0. The SMILES string of the molecule is CC(C)(C)NC(=O)C1(C(=O)c2ccc(Br)cc2)C/C(=C\c2ccccc2)C(=O)N1Cc1ccccc1. The highest BCUT2D eigenvalue weighted by Crippen LogP contribution is 2.40. The van der Waals surface area contributed by atoms with Crippen LogP contribution in [0.5, 0.6) is 0 Å². The lowest BCUT2D eigenvalue weighted by molar-refractivity contribution is -0.139. The van der Waals surface area contributed by atoms with Crippen LogP contribution in [-0.2, 0) is 16.1 Å². The zero-order chi connectivity index (χ0) is 25.9. The second-order valence-electron chi connectivity index (χ2n) is 10.0. The minimum Gasteiger partial charge on any atom is -0.349 e. The lowest BCUT2D eigenvalue weighted by Gasteiger charge is -2.37. The summed E-state index contributed by atoms with van der Waals surface area (Å²) in [5, 5.41) is 2.99. The molecule has 2 amide bonds. The van der Waals surface area contributed by atoms with Gasteiger partial charge in [0.05, 0.1) is 0 Å². The number of rotatable bonds is 6. The Bertz CT molecular complexity index is 1300. The Balaban J connectivity index is 1.90. The molecule has 4 rings (SSSR count). The van der Waals surface area contributed by atoms with Crippen LogP contribution in [0.4, 0.5) is 0 Å². The van der Waals surface area contributed by atoms with Gasteiger partial charge in [-0.25, -0.2) is 0 Å². The van der Waals surface area contributed by atoms with Crippen LogP contribution in [0.2, 0.25) is 0 Å². The van der Waals surface area contributed by atoms with Gasteiger partial charge in [-0.05, 0) is 50.1 Å². The van der Waals surface area contributed by atoms with Crippen molar-refractivity contribution in [2.75, 3.05) is 0 Å². The first kappa shape index (κ1) is 25.6. The molecule has 1 aliphatic rings. The number of nitrogens with zero attached hydrogens (tertiary/aromatic N) is 1. The third kappa shape index (κ3) is 5.34. The molecule has 1 aliphatic heterocycles. The highest BCUT2D eigenvalue weighted by atomic mass is 79.9. The molecule has 3 aromatic carbocycles. The van der Waals surface area contributed by atoms with E-state index in [1.165, 1.54) is 4.90 Å². The first-order valence-corrected chi connectivity index (χ1v) is 12.6. The molecule has 5 nitrogen and oxygen atoms in total. The summed E-state index contributed by atoms with van der Waals surface area (Å²) in [6, 6.07) is 25.8. The largest absolute Gasteiger partial charge is 0.349 e. The number of nitrogens with one attached hydrogen (secondary N) is 1. The predicted molar refractivity (Wildman–Crippen MR) is 145 cm³/mol. The van der Waals surface area contributed by atoms with Crippen LogP contribution in [0, 0.1) is 0 Å². The van der Waals surface area contributed by atoms with Gasteiger partial charge >= 0.3 is 0 Å². The van der Waals surface area contributed by atoms with Crippen molar-refractivity contribution in [2.24, 2.45) is 0 Å². The fourth-order valence-electron chi connectivity index (χ4n) is 4.42. The van der Waals surface area contributed by atoms with Crippen LogP contribution in [0.1, 0.15) is 48.7 Å². The third-order valence-electron chi connectivity index (χ3n) is 6.10. The van der Waals surface area contributed by atoms with E-state index in [1.807, 2.05) is 81.4 Å². The number of hydrogen-bond acceptors (Lipinski definition) is 3. The molecule has 0 bridgehead atoms. The van der Waals surface area contributed by atoms with E-state index < -0.39 is 22.8 Å². The molecule has 6 heteroatoms. The van der Waals surface area contributed by atoms with Crippen molar-refractivity contribution in [1.82, 2.24) is 10.2 Å². The Morgan fingerprint density at radius 1 is 0.944 bits per heavy atom. The fourth-order valence-corrected chi connectivity index (χ4v) is 4.69. The van der Waals surface area contributed by atoms with E-state index >= 15 is 0 Å². The van der Waals surface area contributed by atoms with E-state index in [0.717, 1.165) is 15.6 Å². The molecular formula is C30H29BrN2O3. The van der Waals surface area contributed by atoms with Crippen LogP contribution in [0.25, 0.3) is 6.08 Å². The Morgan fingerprint density at radius 3 is 2.11 bits per heavy atom. The Hall–Kier alpha value is -3.51. The van der Waals surface area contributed by atoms with Gasteiger partial charge < -0.3 is 10.2 Å². The van der Waals surface area contributed by atoms with Crippen LogP contribution in [0.3, 0.4) is 0 Å². The van der Waals surface area contributed by atoms with Gasteiger partial charge in [0, 0.05) is 34.1 Å². The third-order valence-corrected chi connectivity index (χ3v) is 6.63. The van der Waals surface area contributed by atoms with E-state index in [4.69, 9.17) is 0 Å². The molecule has 1 heterocycles. The zero-order valence-electron chi connectivity index (χ0n) is 20.6. The van der Waals surface area contributed by atoms with Crippen LogP contribution >= 0.6 is 15.9 Å². The first-order valence-electron chi connectivity index (χ1n) is 11.8. The summed E-state index contributed by atoms with van der Waals surface area (Å²) in [5.74, 6) is -1.21. The van der Waals surface area contributed by atoms with Gasteiger partial charge in [-0.2, -0.15) is 0 Å². The fraction of sp³-hybridized carbons (Fsp3) is 0.233. The van der Waals surface area contributed by atoms with Gasteiger partial charge in [-0.3, -0.25) is 14.4 Å². The van der Waals surface area contributed by atoms with Crippen molar-refractivity contribution < 1.29 is 14.4 Å². The van der Waals surface area contributed by atoms with E-state index in [9.17, 15) is 14.4 Å². The topological polar surface area (TPSA) is 66.5 Å². The quantitative estimate of drug-likeness (QED) is 0.242. The van der Waals surface area contributed by atoms with E-state index in [1.54, 1.807) is 30.3 Å². The summed E-state index contributed by atoms with van der Waals surface area (Å²) < 4.78 is 0.820. The maximum Gasteiger partial charge on any atom is 0.254 e. The summed E-state index contributed by atoms with van der Waals surface area (Å²) in [6.07, 6.45) is 1.76. The maximum atomic E-state index is 14.3. The molecule has 0 aromatic heterocycles. The van der Waals surface area contributed by atoms with Crippen molar-refractivity contribution in [1.29, 1.82) is 0 Å². The number of ketones is 1. The van der Waals surface area contributed by atoms with Crippen molar-refractivity contribution in [2.45, 2.75) is 44.8 Å². The molecule has 1 fully saturated rings. The molecule has 0 saturated carbocycles. The number of halogens is 1. The van der Waals surface area contributed by atoms with Crippen LogP contribution in [-0.4, -0.2) is 33.6 Å². The molecule has 1 unspecified atom stereocenters. The minimum atomic E-state index is -1.73. The van der Waals surface area contributed by atoms with Gasteiger partial charge in [0.1, 0.15) is 0 Å². The van der Waals surface area contributed by atoms with Gasteiger partial charge in [0.2, 0.25) is 0 Å². The summed E-state index contributed by atoms with van der Waals surface area (Å²) >= 11 is 3.41. The second kappa shape index (κ2) is 10.2. The molecule has 0 aliphatic carbocycles. The van der Waals surface area contributed by atoms with Crippen LogP contribution < -0.4 is 5.32 Å². The first-order chi connectivity index (χ1) is 17.1. The van der Waals surface area contributed by atoms with Gasteiger partial charge in [-0.15, -0.1) is 0 Å². The number of hydrogen-bond donors (Lipinski definition) is 1. The summed E-state index contributed by atoms with van der Waals surface area (Å²) in [7, 11) is 0. The van der Waals surface area contributed by atoms with Crippen molar-refractivity contribution in [3.63, 3.8) is 0 Å². The molecule has 36 heavy (non-hydrogen) atoms. The minimum absolute atomic E-state index is 0.0234. The highest BCUT2D eigenvalue weighted by molar-refractivity contribution is 9.10. The number of amides is 2. The predicted octanol–water partition coefficient (Wildman–Crippen LogP) is 5.80. The number of carbonyl (C=O) groups excluding carboxylic acids is 3. The van der Waals surface area contributed by atoms with E-state index in [-0.39, 0.29) is 18.9 Å². The van der Waals surface area contributed by atoms with Crippen molar-refractivity contribution in [3.8, 4) is 0 Å². The molecule has 0 spiro atoms. The maximum absolute atomic E-state index is 14.3. The number of Topliss-reactive ketones (excluding diaryl/α,β-unsaturated/α-hetero) is 1. The molecule has 1 N–H and O–H groups in total. The van der Waals surface area contributed by atoms with Gasteiger partial charge in [0.15, 0.2) is 11.3 Å². The van der Waals surface area contributed by atoms with E-state index in [0.29, 0.717) is 11.1 Å². The smallest absolute Gasteiger partial charge is 0.254 e. The molecule has 184 valence electrons. The normalized spacial score (nSPS) is 18.9. The average molecular weight is 545 g/mol. The summed E-state index contributed by atoms with van der Waals surface area (Å²) in [4.78, 5) is 43.7. The number of carbonyl (C=O) groups is 3. The van der Waals surface area contributed by atoms with Crippen LogP contribution in [0.15, 0.2) is 95.0 Å². The molecular weight excluding hydrogens is 516 g/mol. The van der Waals surface area contributed by atoms with Gasteiger partial charge in [-0.1, -0.05) is 88.7 Å². The number of benzene rings is 3. The average Bonchev–Trinajstić information content (AvgIpc) is 3.11. The lowest BCUT2D eigenvalue weighted by Crippen LogP contribution is -2.63. The monoisotopic (exact) mass is 544 g/mol.